The largest absolute Gasteiger partial charge is 0.461 e. The third-order valence-electron chi connectivity index (χ3n) is 4.67. The Morgan fingerprint density at radius 1 is 1.04 bits per heavy atom. The van der Waals surface area contributed by atoms with Gasteiger partial charge in [-0.1, -0.05) is 12.2 Å². The zero-order chi connectivity index (χ0) is 16.1. The molecule has 0 spiro atoms. The van der Waals surface area contributed by atoms with Crippen LogP contribution >= 0.6 is 23.2 Å². The highest BCUT2D eigenvalue weighted by Crippen LogP contribution is 2.52. The molecule has 3 aliphatic rings. The van der Waals surface area contributed by atoms with E-state index in [2.05, 4.69) is 27.1 Å². The van der Waals surface area contributed by atoms with Crippen LogP contribution in [-0.4, -0.2) is 44.8 Å². The SMILES string of the molecule is O=C1[C@@H]2[C@H](C(=O)N1CCOc1nc(Cl)nc(Cl)n1)C1C=C[C@H]2C1. The number of amides is 2. The van der Waals surface area contributed by atoms with Crippen LogP contribution in [0.5, 0.6) is 6.01 Å². The highest BCUT2D eigenvalue weighted by atomic mass is 35.5. The zero-order valence-electron chi connectivity index (χ0n) is 11.9. The molecule has 1 aromatic heterocycles. The minimum absolute atomic E-state index is 0.0315. The minimum Gasteiger partial charge on any atom is -0.461 e. The predicted molar refractivity (Wildman–Crippen MR) is 79.8 cm³/mol. The molecule has 2 fully saturated rings. The molecule has 2 aliphatic carbocycles. The van der Waals surface area contributed by atoms with Gasteiger partial charge in [-0.3, -0.25) is 14.5 Å². The van der Waals surface area contributed by atoms with Crippen LogP contribution in [0.15, 0.2) is 12.2 Å². The Bertz CT molecular complexity index is 676. The van der Waals surface area contributed by atoms with Crippen LogP contribution in [0.4, 0.5) is 0 Å². The predicted octanol–water partition coefficient (Wildman–Crippen LogP) is 1.36. The van der Waals surface area contributed by atoms with Crippen LogP contribution < -0.4 is 4.74 Å². The molecular formula is C14H12Cl2N4O3. The third-order valence-corrected chi connectivity index (χ3v) is 5.01. The number of fused-ring (bicyclic) bond motifs is 5. The number of halogens is 2. The number of allylic oxidation sites excluding steroid dienone is 2. The Balaban J connectivity index is 1.40. The lowest BCUT2D eigenvalue weighted by molar-refractivity contribution is -0.141. The first-order valence-electron chi connectivity index (χ1n) is 7.28. The van der Waals surface area contributed by atoms with Gasteiger partial charge in [-0.15, -0.1) is 0 Å². The van der Waals surface area contributed by atoms with Gasteiger partial charge >= 0.3 is 6.01 Å². The molecule has 4 rings (SSSR count). The number of carbonyl (C=O) groups excluding carboxylic acids is 2. The van der Waals surface area contributed by atoms with E-state index in [1.54, 1.807) is 0 Å². The van der Waals surface area contributed by atoms with E-state index >= 15 is 0 Å². The molecule has 2 bridgehead atoms. The van der Waals surface area contributed by atoms with Crippen molar-refractivity contribution in [3.63, 3.8) is 0 Å². The monoisotopic (exact) mass is 354 g/mol. The smallest absolute Gasteiger partial charge is 0.322 e. The van der Waals surface area contributed by atoms with Gasteiger partial charge in [0.25, 0.3) is 0 Å². The van der Waals surface area contributed by atoms with Crippen LogP contribution in [0.2, 0.25) is 10.6 Å². The Morgan fingerprint density at radius 3 is 2.17 bits per heavy atom. The third kappa shape index (κ3) is 2.38. The summed E-state index contributed by atoms with van der Waals surface area (Å²) in [5, 5.41) is -0.156. The molecule has 1 aliphatic heterocycles. The molecule has 2 amide bonds. The Labute approximate surface area is 141 Å². The Morgan fingerprint density at radius 2 is 1.61 bits per heavy atom. The summed E-state index contributed by atoms with van der Waals surface area (Å²) in [4.78, 5) is 37.4. The van der Waals surface area contributed by atoms with Crippen molar-refractivity contribution in [2.75, 3.05) is 13.2 Å². The average molecular weight is 355 g/mol. The molecule has 0 radical (unpaired) electrons. The zero-order valence-corrected chi connectivity index (χ0v) is 13.4. The van der Waals surface area contributed by atoms with E-state index in [1.165, 1.54) is 4.90 Å². The second-order valence-corrected chi connectivity index (χ2v) is 6.51. The maximum Gasteiger partial charge on any atom is 0.322 e. The summed E-state index contributed by atoms with van der Waals surface area (Å²) >= 11 is 11.3. The molecule has 1 aromatic rings. The van der Waals surface area contributed by atoms with Crippen LogP contribution in [0.25, 0.3) is 0 Å². The maximum atomic E-state index is 12.5. The molecular weight excluding hydrogens is 343 g/mol. The highest BCUT2D eigenvalue weighted by molar-refractivity contribution is 6.31. The molecule has 0 aromatic carbocycles. The van der Waals surface area contributed by atoms with Gasteiger partial charge in [0.1, 0.15) is 6.61 Å². The highest BCUT2D eigenvalue weighted by Gasteiger charge is 2.58. The van der Waals surface area contributed by atoms with Gasteiger partial charge in [-0.2, -0.15) is 15.0 Å². The van der Waals surface area contributed by atoms with E-state index < -0.39 is 0 Å². The van der Waals surface area contributed by atoms with Gasteiger partial charge in [0.05, 0.1) is 18.4 Å². The first-order valence-corrected chi connectivity index (χ1v) is 8.03. The molecule has 9 heteroatoms. The van der Waals surface area contributed by atoms with Gasteiger partial charge in [-0.05, 0) is 41.5 Å². The number of rotatable bonds is 4. The number of nitrogens with zero attached hydrogens (tertiary/aromatic N) is 4. The van der Waals surface area contributed by atoms with Crippen molar-refractivity contribution in [3.8, 4) is 6.01 Å². The molecule has 120 valence electrons. The second kappa shape index (κ2) is 5.42. The molecule has 1 saturated heterocycles. The van der Waals surface area contributed by atoms with Crippen LogP contribution in [0.1, 0.15) is 6.42 Å². The molecule has 1 unspecified atom stereocenters. The summed E-state index contributed by atoms with van der Waals surface area (Å²) in [6.45, 7) is 0.237. The lowest BCUT2D eigenvalue weighted by Crippen LogP contribution is -2.36. The summed E-state index contributed by atoms with van der Waals surface area (Å²) in [5.74, 6) is -0.196. The van der Waals surface area contributed by atoms with E-state index in [0.717, 1.165) is 6.42 Å². The average Bonchev–Trinajstić information content (AvgIpc) is 3.15. The van der Waals surface area contributed by atoms with E-state index in [1.807, 2.05) is 0 Å². The van der Waals surface area contributed by atoms with E-state index in [-0.39, 0.29) is 65.2 Å². The fraction of sp³-hybridized carbons (Fsp3) is 0.500. The van der Waals surface area contributed by atoms with Crippen molar-refractivity contribution in [2.45, 2.75) is 6.42 Å². The number of ether oxygens (including phenoxy) is 1. The minimum atomic E-state index is -0.196. The first-order chi connectivity index (χ1) is 11.0. The lowest BCUT2D eigenvalue weighted by Gasteiger charge is -2.16. The normalized spacial score (nSPS) is 31.1. The first kappa shape index (κ1) is 14.8. The molecule has 7 nitrogen and oxygen atoms in total. The molecule has 0 N–H and O–H groups in total. The number of carbonyl (C=O) groups is 2. The van der Waals surface area contributed by atoms with Gasteiger partial charge in [0.15, 0.2) is 0 Å². The maximum absolute atomic E-state index is 12.5. The van der Waals surface area contributed by atoms with E-state index in [0.29, 0.717) is 0 Å². The van der Waals surface area contributed by atoms with Gasteiger partial charge in [0, 0.05) is 0 Å². The molecule has 1 saturated carbocycles. The number of likely N-dealkylation sites (tertiary alicyclic amines) is 1. The fourth-order valence-corrected chi connectivity index (χ4v) is 4.13. The Kier molecular flexibility index (Phi) is 3.50. The summed E-state index contributed by atoms with van der Waals surface area (Å²) in [7, 11) is 0. The lowest BCUT2D eigenvalue weighted by atomic mass is 9.85. The van der Waals surface area contributed by atoms with Gasteiger partial charge in [0.2, 0.25) is 22.4 Å². The van der Waals surface area contributed by atoms with Crippen molar-refractivity contribution in [2.24, 2.45) is 23.7 Å². The van der Waals surface area contributed by atoms with Gasteiger partial charge < -0.3 is 4.74 Å². The topological polar surface area (TPSA) is 85.3 Å². The van der Waals surface area contributed by atoms with Crippen LogP contribution in [-0.2, 0) is 9.59 Å². The second-order valence-electron chi connectivity index (χ2n) is 5.83. The summed E-state index contributed by atoms with van der Waals surface area (Å²) in [5.41, 5.74) is 0. The van der Waals surface area contributed by atoms with Crippen LogP contribution in [0.3, 0.4) is 0 Å². The number of aromatic nitrogens is 3. The van der Waals surface area contributed by atoms with Crippen molar-refractivity contribution in [1.29, 1.82) is 0 Å². The summed E-state index contributed by atoms with van der Waals surface area (Å²) in [6.07, 6.45) is 5.04. The number of hydrogen-bond donors (Lipinski definition) is 0. The molecule has 4 atom stereocenters. The quantitative estimate of drug-likeness (QED) is 0.599. The summed E-state index contributed by atoms with van der Waals surface area (Å²) < 4.78 is 5.32. The number of imide groups is 1. The van der Waals surface area contributed by atoms with Crippen LogP contribution in [0, 0.1) is 23.7 Å². The fourth-order valence-electron chi connectivity index (χ4n) is 3.79. The van der Waals surface area contributed by atoms with Crippen molar-refractivity contribution >= 4 is 35.0 Å². The number of hydrogen-bond acceptors (Lipinski definition) is 6. The van der Waals surface area contributed by atoms with Crippen molar-refractivity contribution in [3.05, 3.63) is 22.7 Å². The van der Waals surface area contributed by atoms with E-state index in [9.17, 15) is 9.59 Å². The standard InChI is InChI=1S/C14H12Cl2N4O3/c15-12-17-13(16)19-14(18-12)23-4-3-20-10(21)8-6-1-2-7(5-6)9(8)11(20)22/h1-2,6-9H,3-5H2/t6-,7?,8-,9+/m0/s1. The van der Waals surface area contributed by atoms with Crippen molar-refractivity contribution < 1.29 is 14.3 Å². The van der Waals surface area contributed by atoms with Gasteiger partial charge in [-0.25, -0.2) is 0 Å². The van der Waals surface area contributed by atoms with E-state index in [4.69, 9.17) is 27.9 Å². The van der Waals surface area contributed by atoms with Crippen molar-refractivity contribution in [1.82, 2.24) is 19.9 Å². The Hall–Kier alpha value is -1.73. The molecule has 23 heavy (non-hydrogen) atoms. The molecule has 2 heterocycles. The summed E-state index contributed by atoms with van der Waals surface area (Å²) in [6, 6.07) is -0.0315.